The molecule has 0 heterocycles. The van der Waals surface area contributed by atoms with Crippen molar-refractivity contribution in [1.29, 1.82) is 0 Å². The number of carbonyl (C=O) groups excluding carboxylic acids is 1. The largest absolute Gasteiger partial charge is 0.496 e. The summed E-state index contributed by atoms with van der Waals surface area (Å²) in [6.07, 6.45) is 1.22. The minimum atomic E-state index is 0.0158. The zero-order valence-corrected chi connectivity index (χ0v) is 12.3. The molecule has 1 amide bonds. The molecular weight excluding hydrogens is 240 g/mol. The van der Waals surface area contributed by atoms with Crippen molar-refractivity contribution in [1.82, 2.24) is 5.32 Å². The molecule has 0 unspecified atom stereocenters. The predicted molar refractivity (Wildman–Crippen MR) is 77.6 cm³/mol. The summed E-state index contributed by atoms with van der Waals surface area (Å²) in [4.78, 5) is 11.3. The normalized spacial score (nSPS) is 10.4. The van der Waals surface area contributed by atoms with E-state index < -0.39 is 0 Å². The second-order valence-electron chi connectivity index (χ2n) is 4.77. The maximum atomic E-state index is 11.3. The van der Waals surface area contributed by atoms with Gasteiger partial charge in [-0.1, -0.05) is 6.07 Å². The molecule has 0 bridgehead atoms. The molecule has 1 aromatic rings. The van der Waals surface area contributed by atoms with Gasteiger partial charge < -0.3 is 15.8 Å². The third-order valence-corrected chi connectivity index (χ3v) is 3.43. The molecule has 106 valence electrons. The molecule has 19 heavy (non-hydrogen) atoms. The monoisotopic (exact) mass is 264 g/mol. The van der Waals surface area contributed by atoms with Crippen LogP contribution in [0.5, 0.6) is 5.75 Å². The number of carbonyl (C=O) groups is 1. The Bertz CT molecular complexity index is 456. The Morgan fingerprint density at radius 3 is 2.58 bits per heavy atom. The van der Waals surface area contributed by atoms with Gasteiger partial charge in [-0.25, -0.2) is 0 Å². The van der Waals surface area contributed by atoms with Gasteiger partial charge in [0, 0.05) is 19.5 Å². The summed E-state index contributed by atoms with van der Waals surface area (Å²) in [5, 5.41) is 2.88. The molecule has 0 aliphatic rings. The van der Waals surface area contributed by atoms with Gasteiger partial charge in [-0.05, 0) is 49.4 Å². The molecular formula is C15H24N2O2. The summed E-state index contributed by atoms with van der Waals surface area (Å²) < 4.78 is 5.40. The second kappa shape index (κ2) is 7.14. The van der Waals surface area contributed by atoms with Crippen LogP contribution in [-0.2, 0) is 11.2 Å². The van der Waals surface area contributed by atoms with Crippen LogP contribution in [0, 0.1) is 20.8 Å². The first kappa shape index (κ1) is 15.5. The van der Waals surface area contributed by atoms with E-state index in [0.29, 0.717) is 19.5 Å². The maximum Gasteiger partial charge on any atom is 0.221 e. The highest BCUT2D eigenvalue weighted by Crippen LogP contribution is 2.28. The van der Waals surface area contributed by atoms with Crippen molar-refractivity contribution >= 4 is 5.91 Å². The van der Waals surface area contributed by atoms with Crippen LogP contribution in [0.3, 0.4) is 0 Å². The van der Waals surface area contributed by atoms with Crippen LogP contribution < -0.4 is 15.8 Å². The Labute approximate surface area is 115 Å². The number of nitrogens with two attached hydrogens (primary N) is 1. The van der Waals surface area contributed by atoms with Gasteiger partial charge in [-0.15, -0.1) is 0 Å². The van der Waals surface area contributed by atoms with Crippen LogP contribution in [0.15, 0.2) is 6.07 Å². The van der Waals surface area contributed by atoms with Gasteiger partial charge in [0.05, 0.1) is 7.11 Å². The lowest BCUT2D eigenvalue weighted by Gasteiger charge is -2.16. The van der Waals surface area contributed by atoms with Crippen molar-refractivity contribution in [3.8, 4) is 5.75 Å². The fourth-order valence-electron chi connectivity index (χ4n) is 2.27. The van der Waals surface area contributed by atoms with Crippen molar-refractivity contribution in [3.05, 3.63) is 28.3 Å². The smallest absolute Gasteiger partial charge is 0.221 e. The van der Waals surface area contributed by atoms with E-state index >= 15 is 0 Å². The van der Waals surface area contributed by atoms with E-state index in [1.165, 1.54) is 16.7 Å². The molecule has 1 rings (SSSR count). The van der Waals surface area contributed by atoms with Crippen molar-refractivity contribution in [2.24, 2.45) is 5.73 Å². The van der Waals surface area contributed by atoms with E-state index in [1.54, 1.807) is 7.11 Å². The Morgan fingerprint density at radius 1 is 1.32 bits per heavy atom. The summed E-state index contributed by atoms with van der Waals surface area (Å²) in [5.74, 6) is 0.968. The van der Waals surface area contributed by atoms with Gasteiger partial charge >= 0.3 is 0 Å². The van der Waals surface area contributed by atoms with E-state index in [1.807, 2.05) is 6.92 Å². The summed E-state index contributed by atoms with van der Waals surface area (Å²) in [5.41, 5.74) is 10.1. The van der Waals surface area contributed by atoms with E-state index in [0.717, 1.165) is 17.7 Å². The molecule has 4 nitrogen and oxygen atoms in total. The third kappa shape index (κ3) is 3.96. The summed E-state index contributed by atoms with van der Waals surface area (Å²) in [6.45, 7) is 7.24. The molecule has 0 saturated carbocycles. The van der Waals surface area contributed by atoms with Crippen molar-refractivity contribution in [2.75, 3.05) is 20.2 Å². The highest BCUT2D eigenvalue weighted by molar-refractivity contribution is 5.76. The Morgan fingerprint density at radius 2 is 2.00 bits per heavy atom. The highest BCUT2D eigenvalue weighted by atomic mass is 16.5. The quantitative estimate of drug-likeness (QED) is 0.820. The number of amides is 1. The van der Waals surface area contributed by atoms with Gasteiger partial charge in [0.25, 0.3) is 0 Å². The zero-order valence-electron chi connectivity index (χ0n) is 12.3. The number of hydrogen-bond donors (Lipinski definition) is 2. The second-order valence-corrected chi connectivity index (χ2v) is 4.77. The molecule has 0 aliphatic carbocycles. The Hall–Kier alpha value is -1.55. The maximum absolute atomic E-state index is 11.3. The Kier molecular flexibility index (Phi) is 5.83. The summed E-state index contributed by atoms with van der Waals surface area (Å²) >= 11 is 0. The lowest BCUT2D eigenvalue weighted by atomic mass is 9.96. The molecule has 0 aliphatic heterocycles. The highest BCUT2D eigenvalue weighted by Gasteiger charge is 2.10. The first-order chi connectivity index (χ1) is 9.01. The molecule has 4 heteroatoms. The van der Waals surface area contributed by atoms with Gasteiger partial charge in [0.15, 0.2) is 0 Å². The summed E-state index contributed by atoms with van der Waals surface area (Å²) in [7, 11) is 1.70. The average Bonchev–Trinajstić information content (AvgIpc) is 2.36. The standard InChI is InChI=1S/C15H24N2O2/c1-10-9-13(6-8-17-14(18)5-7-16)11(2)12(3)15(10)19-4/h9H,5-8,16H2,1-4H3,(H,17,18). The molecule has 0 spiro atoms. The van der Waals surface area contributed by atoms with Crippen LogP contribution in [0.25, 0.3) is 0 Å². The lowest BCUT2D eigenvalue weighted by molar-refractivity contribution is -0.120. The van der Waals surface area contributed by atoms with Crippen molar-refractivity contribution in [2.45, 2.75) is 33.6 Å². The van der Waals surface area contributed by atoms with Crippen LogP contribution in [-0.4, -0.2) is 26.1 Å². The zero-order chi connectivity index (χ0) is 14.4. The molecule has 0 fully saturated rings. The van der Waals surface area contributed by atoms with E-state index in [2.05, 4.69) is 25.2 Å². The Balaban J connectivity index is 2.72. The van der Waals surface area contributed by atoms with Crippen LogP contribution >= 0.6 is 0 Å². The predicted octanol–water partition coefficient (Wildman–Crippen LogP) is 1.63. The van der Waals surface area contributed by atoms with E-state index in [-0.39, 0.29) is 5.91 Å². The number of hydrogen-bond acceptors (Lipinski definition) is 3. The molecule has 0 radical (unpaired) electrons. The summed E-state index contributed by atoms with van der Waals surface area (Å²) in [6, 6.07) is 2.14. The molecule has 0 atom stereocenters. The van der Waals surface area contributed by atoms with Crippen molar-refractivity contribution in [3.63, 3.8) is 0 Å². The minimum Gasteiger partial charge on any atom is -0.496 e. The number of methoxy groups -OCH3 is 1. The number of aryl methyl sites for hydroxylation is 1. The van der Waals surface area contributed by atoms with E-state index in [9.17, 15) is 4.79 Å². The van der Waals surface area contributed by atoms with Crippen LogP contribution in [0.4, 0.5) is 0 Å². The van der Waals surface area contributed by atoms with Crippen molar-refractivity contribution < 1.29 is 9.53 Å². The molecule has 1 aromatic carbocycles. The van der Waals surface area contributed by atoms with Gasteiger partial charge in [0.2, 0.25) is 5.91 Å². The van der Waals surface area contributed by atoms with Crippen LogP contribution in [0.1, 0.15) is 28.7 Å². The fourth-order valence-corrected chi connectivity index (χ4v) is 2.27. The van der Waals surface area contributed by atoms with Crippen LogP contribution in [0.2, 0.25) is 0 Å². The molecule has 3 N–H and O–H groups in total. The number of ether oxygens (including phenoxy) is 1. The fraction of sp³-hybridized carbons (Fsp3) is 0.533. The van der Waals surface area contributed by atoms with Gasteiger partial charge in [-0.2, -0.15) is 0 Å². The first-order valence-corrected chi connectivity index (χ1v) is 6.61. The first-order valence-electron chi connectivity index (χ1n) is 6.61. The molecule has 0 aromatic heterocycles. The number of rotatable bonds is 6. The van der Waals surface area contributed by atoms with Gasteiger partial charge in [0.1, 0.15) is 5.75 Å². The topological polar surface area (TPSA) is 64.3 Å². The number of benzene rings is 1. The SMILES string of the molecule is COc1c(C)cc(CCNC(=O)CCN)c(C)c1C. The average molecular weight is 264 g/mol. The van der Waals surface area contributed by atoms with E-state index in [4.69, 9.17) is 10.5 Å². The minimum absolute atomic E-state index is 0.0158. The lowest BCUT2D eigenvalue weighted by Crippen LogP contribution is -2.27. The van der Waals surface area contributed by atoms with Gasteiger partial charge in [-0.3, -0.25) is 4.79 Å². The molecule has 0 saturated heterocycles. The number of nitrogens with one attached hydrogen (secondary N) is 1. The third-order valence-electron chi connectivity index (χ3n) is 3.43.